The van der Waals surface area contributed by atoms with Crippen molar-refractivity contribution in [2.45, 2.75) is 102 Å². The number of piperidine rings is 1. The smallest absolute Gasteiger partial charge is 0.251 e. The first-order valence-corrected chi connectivity index (χ1v) is 14.2. The normalized spacial score (nSPS) is 26.6. The largest absolute Gasteiger partial charge is 0.368 e. The Morgan fingerprint density at radius 1 is 0.872 bits per heavy atom. The molecule has 0 radical (unpaired) electrons. The maximum Gasteiger partial charge on any atom is 0.251 e. The molecular weight excluding hydrogens is 530 g/mol. The van der Waals surface area contributed by atoms with Gasteiger partial charge in [0.2, 0.25) is 5.91 Å². The van der Waals surface area contributed by atoms with Crippen LogP contribution in [0, 0.1) is 5.92 Å². The lowest BCUT2D eigenvalue weighted by Crippen LogP contribution is -2.55. The molecular formula is C30H47N3O4S2. The number of nitrogens with one attached hydrogen (secondary N) is 1. The second kappa shape index (κ2) is 13.9. The minimum absolute atomic E-state index is 0. The van der Waals surface area contributed by atoms with E-state index in [1.165, 1.54) is 50.8 Å². The van der Waals surface area contributed by atoms with Gasteiger partial charge in [0.05, 0.1) is 6.10 Å². The number of benzene rings is 1. The summed E-state index contributed by atoms with van der Waals surface area (Å²) in [7, 11) is 0. The van der Waals surface area contributed by atoms with Crippen LogP contribution in [0.2, 0.25) is 0 Å². The summed E-state index contributed by atoms with van der Waals surface area (Å²) in [5.74, 6) is 0.350. The minimum Gasteiger partial charge on any atom is -0.368 e. The topological polar surface area (TPSA) is 79.0 Å². The molecule has 3 saturated heterocycles. The molecule has 5 aliphatic rings. The number of rotatable bonds is 6. The number of ether oxygens (including phenoxy) is 1. The molecule has 9 heteroatoms. The highest BCUT2D eigenvalue weighted by Gasteiger charge is 2.49. The summed E-state index contributed by atoms with van der Waals surface area (Å²) >= 11 is 0. The molecule has 2 saturated carbocycles. The van der Waals surface area contributed by atoms with Gasteiger partial charge in [0.15, 0.2) is 5.78 Å². The summed E-state index contributed by atoms with van der Waals surface area (Å²) in [6, 6.07) is 7.80. The predicted molar refractivity (Wildman–Crippen MR) is 163 cm³/mol. The number of amides is 2. The molecule has 2 amide bonds. The number of nitrogens with zero attached hydrogens (tertiary/aromatic N) is 2. The fraction of sp³-hybridized carbons (Fsp3) is 0.700. The molecule has 2 aliphatic carbocycles. The number of Topliss-reactive ketones (excluding diaryl/α,β-unsaturated/α-hetero) is 1. The molecule has 0 spiro atoms. The third-order valence-electron chi connectivity index (χ3n) is 9.31. The van der Waals surface area contributed by atoms with Gasteiger partial charge >= 0.3 is 0 Å². The Morgan fingerprint density at radius 2 is 1.54 bits per heavy atom. The van der Waals surface area contributed by atoms with E-state index in [4.69, 9.17) is 4.74 Å². The van der Waals surface area contributed by atoms with Crippen LogP contribution >= 0.6 is 27.0 Å². The number of likely N-dealkylation sites (tertiary alicyclic amines) is 2. The number of fused-ring (bicyclic) bond motifs is 1. The van der Waals surface area contributed by atoms with E-state index in [2.05, 4.69) is 22.3 Å². The third kappa shape index (κ3) is 6.85. The van der Waals surface area contributed by atoms with Crippen molar-refractivity contribution in [3.8, 4) is 0 Å². The highest BCUT2D eigenvalue weighted by atomic mass is 32.1. The SMILES string of the molecule is C.O=C(N[C@H](C(=O)N1CC[C@H]2OCC(=O)[C@H]21)C1CCCCC1)c1ccc(C2CCN(C3CC3)CC2)cc1.S.S. The Kier molecular flexibility index (Phi) is 11.4. The van der Waals surface area contributed by atoms with Crippen molar-refractivity contribution in [2.75, 3.05) is 26.2 Å². The van der Waals surface area contributed by atoms with Gasteiger partial charge in [-0.05, 0) is 87.6 Å². The van der Waals surface area contributed by atoms with Crippen LogP contribution in [0.4, 0.5) is 0 Å². The zero-order chi connectivity index (χ0) is 24.6. The summed E-state index contributed by atoms with van der Waals surface area (Å²) in [6.45, 7) is 2.96. The van der Waals surface area contributed by atoms with E-state index >= 15 is 0 Å². The molecule has 0 bridgehead atoms. The Labute approximate surface area is 247 Å². The van der Waals surface area contributed by atoms with E-state index in [1.54, 1.807) is 4.90 Å². The van der Waals surface area contributed by atoms with Crippen molar-refractivity contribution in [3.63, 3.8) is 0 Å². The molecule has 6 rings (SSSR count). The van der Waals surface area contributed by atoms with Crippen LogP contribution in [0.15, 0.2) is 24.3 Å². The van der Waals surface area contributed by atoms with Crippen molar-refractivity contribution in [3.05, 3.63) is 35.4 Å². The fourth-order valence-corrected chi connectivity index (χ4v) is 7.04. The molecule has 1 N–H and O–H groups in total. The Hall–Kier alpha value is -1.55. The lowest BCUT2D eigenvalue weighted by atomic mass is 9.83. The fourth-order valence-electron chi connectivity index (χ4n) is 7.04. The third-order valence-corrected chi connectivity index (χ3v) is 9.31. The van der Waals surface area contributed by atoms with E-state index < -0.39 is 12.1 Å². The van der Waals surface area contributed by atoms with Gasteiger partial charge in [0.1, 0.15) is 18.7 Å². The summed E-state index contributed by atoms with van der Waals surface area (Å²) in [5.41, 5.74) is 1.91. The molecule has 0 aromatic heterocycles. The molecule has 3 heterocycles. The first-order valence-electron chi connectivity index (χ1n) is 14.2. The first kappa shape index (κ1) is 32.0. The van der Waals surface area contributed by atoms with Crippen LogP contribution in [0.5, 0.6) is 0 Å². The molecule has 1 aromatic carbocycles. The van der Waals surface area contributed by atoms with Crippen molar-refractivity contribution in [1.82, 2.24) is 15.1 Å². The van der Waals surface area contributed by atoms with Crippen LogP contribution in [-0.4, -0.2) is 77.9 Å². The average Bonchev–Trinajstić information content (AvgIpc) is 3.59. The molecule has 7 nitrogen and oxygen atoms in total. The number of hydrogen-bond donors (Lipinski definition) is 1. The van der Waals surface area contributed by atoms with Crippen molar-refractivity contribution >= 4 is 44.6 Å². The standard InChI is InChI=1S/C29H39N3O4.CH4.2H2S/c33-24-18-36-25-14-17-32(27(24)25)29(35)26(21-4-2-1-3-5-21)30-28(34)22-8-6-19(7-9-22)20-12-15-31(16-13-20)23-10-11-23;;;/h6-9,20-21,23,25-27H,1-5,10-18H2,(H,30,34);1H4;2*1H2/t25-,26+,27-;;;/m1.../s1. The van der Waals surface area contributed by atoms with E-state index in [9.17, 15) is 14.4 Å². The Morgan fingerprint density at radius 3 is 2.18 bits per heavy atom. The van der Waals surface area contributed by atoms with Gasteiger partial charge in [0.25, 0.3) is 5.91 Å². The van der Waals surface area contributed by atoms with Crippen LogP contribution < -0.4 is 5.32 Å². The van der Waals surface area contributed by atoms with Crippen molar-refractivity contribution < 1.29 is 19.1 Å². The monoisotopic (exact) mass is 577 g/mol. The molecule has 3 atom stereocenters. The minimum atomic E-state index is -0.587. The lowest BCUT2D eigenvalue weighted by molar-refractivity contribution is -0.139. The van der Waals surface area contributed by atoms with Crippen molar-refractivity contribution in [2.24, 2.45) is 5.92 Å². The first-order chi connectivity index (χ1) is 17.6. The van der Waals surface area contributed by atoms with Gasteiger partial charge in [-0.2, -0.15) is 27.0 Å². The summed E-state index contributed by atoms with van der Waals surface area (Å²) in [4.78, 5) is 43.8. The van der Waals surface area contributed by atoms with E-state index in [1.807, 2.05) is 12.1 Å². The Bertz CT molecular complexity index is 988. The van der Waals surface area contributed by atoms with E-state index in [0.29, 0.717) is 24.4 Å². The molecule has 1 aromatic rings. The summed E-state index contributed by atoms with van der Waals surface area (Å²) in [5, 5.41) is 3.11. The molecule has 5 fully saturated rings. The predicted octanol–water partition coefficient (Wildman–Crippen LogP) is 4.14. The lowest BCUT2D eigenvalue weighted by Gasteiger charge is -2.34. The maximum absolute atomic E-state index is 13.7. The van der Waals surface area contributed by atoms with Crippen molar-refractivity contribution in [1.29, 1.82) is 0 Å². The number of ketones is 1. The number of hydrogen-bond acceptors (Lipinski definition) is 5. The zero-order valence-electron chi connectivity index (χ0n) is 22.2. The van der Waals surface area contributed by atoms with Gasteiger partial charge in [-0.1, -0.05) is 38.8 Å². The van der Waals surface area contributed by atoms with Crippen LogP contribution in [0.3, 0.4) is 0 Å². The van der Waals surface area contributed by atoms with E-state index in [-0.39, 0.29) is 70.6 Å². The second-order valence-corrected chi connectivity index (χ2v) is 11.6. The van der Waals surface area contributed by atoms with Gasteiger partial charge in [-0.3, -0.25) is 14.4 Å². The highest BCUT2D eigenvalue weighted by molar-refractivity contribution is 7.59. The average molecular weight is 578 g/mol. The highest BCUT2D eigenvalue weighted by Crippen LogP contribution is 2.35. The van der Waals surface area contributed by atoms with E-state index in [0.717, 1.165) is 31.7 Å². The van der Waals surface area contributed by atoms with Gasteiger partial charge in [-0.25, -0.2) is 0 Å². The van der Waals surface area contributed by atoms with Gasteiger partial charge in [-0.15, -0.1) is 0 Å². The Balaban J connectivity index is 0.00000140. The maximum atomic E-state index is 13.7. The second-order valence-electron chi connectivity index (χ2n) is 11.6. The van der Waals surface area contributed by atoms with Gasteiger partial charge in [0, 0.05) is 18.2 Å². The van der Waals surface area contributed by atoms with Crippen LogP contribution in [0.1, 0.15) is 93.5 Å². The molecule has 3 aliphatic heterocycles. The number of carbonyl (C=O) groups excluding carboxylic acids is 3. The quantitative estimate of drug-likeness (QED) is 0.550. The van der Waals surface area contributed by atoms with Gasteiger partial charge < -0.3 is 19.9 Å². The molecule has 0 unspecified atom stereocenters. The number of carbonyl (C=O) groups is 3. The zero-order valence-corrected chi connectivity index (χ0v) is 24.2. The molecule has 218 valence electrons. The van der Waals surface area contributed by atoms with Crippen LogP contribution in [0.25, 0.3) is 0 Å². The summed E-state index contributed by atoms with van der Waals surface area (Å²) in [6.07, 6.45) is 10.8. The van der Waals surface area contributed by atoms with Crippen LogP contribution in [-0.2, 0) is 14.3 Å². The molecule has 39 heavy (non-hydrogen) atoms. The summed E-state index contributed by atoms with van der Waals surface area (Å²) < 4.78 is 5.59.